The summed E-state index contributed by atoms with van der Waals surface area (Å²) in [4.78, 5) is 0. The fourth-order valence-corrected chi connectivity index (χ4v) is 3.46. The summed E-state index contributed by atoms with van der Waals surface area (Å²) in [7, 11) is 0. The van der Waals surface area contributed by atoms with Crippen molar-refractivity contribution < 1.29 is 9.84 Å². The first kappa shape index (κ1) is 12.5. The van der Waals surface area contributed by atoms with E-state index >= 15 is 0 Å². The number of fused-ring (bicyclic) bond motifs is 1. The molecule has 18 heavy (non-hydrogen) atoms. The molecule has 1 fully saturated rings. The van der Waals surface area contributed by atoms with Crippen LogP contribution in [-0.2, 0) is 12.8 Å². The molecule has 1 aromatic rings. The van der Waals surface area contributed by atoms with Crippen LogP contribution in [0.5, 0.6) is 5.75 Å². The van der Waals surface area contributed by atoms with Crippen LogP contribution in [0.25, 0.3) is 0 Å². The van der Waals surface area contributed by atoms with Crippen LogP contribution in [0.15, 0.2) is 16.6 Å². The second kappa shape index (κ2) is 4.53. The standard InChI is InChI=1S/C15H19BrO2/c1-15(17,8-10-2-3-10)9-12-7-13(16)6-11-4-5-18-14(11)12/h6-7,10,17H,2-5,8-9H2,1H3. The number of hydrogen-bond donors (Lipinski definition) is 1. The summed E-state index contributed by atoms with van der Waals surface area (Å²) < 4.78 is 6.81. The molecule has 1 atom stereocenters. The summed E-state index contributed by atoms with van der Waals surface area (Å²) in [6, 6.07) is 4.22. The van der Waals surface area contributed by atoms with Crippen molar-refractivity contribution in [2.24, 2.45) is 5.92 Å². The fourth-order valence-electron chi connectivity index (χ4n) is 2.90. The zero-order valence-corrected chi connectivity index (χ0v) is 12.3. The molecule has 1 heterocycles. The summed E-state index contributed by atoms with van der Waals surface area (Å²) in [6.07, 6.45) is 5.14. The van der Waals surface area contributed by atoms with Crippen LogP contribution in [0, 0.1) is 5.92 Å². The number of halogens is 1. The first-order valence-electron chi connectivity index (χ1n) is 6.70. The van der Waals surface area contributed by atoms with E-state index in [2.05, 4.69) is 28.1 Å². The molecule has 0 saturated heterocycles. The SMILES string of the molecule is CC(O)(Cc1cc(Br)cc2c1OCC2)CC1CC1. The summed E-state index contributed by atoms with van der Waals surface area (Å²) in [5.41, 5.74) is 1.80. The molecule has 2 nitrogen and oxygen atoms in total. The van der Waals surface area contributed by atoms with Crippen molar-refractivity contribution >= 4 is 15.9 Å². The highest BCUT2D eigenvalue weighted by Gasteiger charge is 2.33. The van der Waals surface area contributed by atoms with Gasteiger partial charge in [0.25, 0.3) is 0 Å². The van der Waals surface area contributed by atoms with Crippen LogP contribution in [0.2, 0.25) is 0 Å². The van der Waals surface area contributed by atoms with E-state index in [1.807, 2.05) is 6.92 Å². The molecular formula is C15H19BrO2. The molecule has 2 aliphatic rings. The summed E-state index contributed by atoms with van der Waals surface area (Å²) in [5.74, 6) is 1.75. The van der Waals surface area contributed by atoms with Gasteiger partial charge in [0.05, 0.1) is 12.2 Å². The molecule has 3 heteroatoms. The molecule has 98 valence electrons. The average molecular weight is 311 g/mol. The molecule has 1 aliphatic heterocycles. The van der Waals surface area contributed by atoms with Gasteiger partial charge in [-0.2, -0.15) is 0 Å². The number of ether oxygens (including phenoxy) is 1. The smallest absolute Gasteiger partial charge is 0.125 e. The molecule has 0 spiro atoms. The molecule has 1 saturated carbocycles. The Bertz CT molecular complexity index is 464. The highest BCUT2D eigenvalue weighted by Crippen LogP contribution is 2.40. The van der Waals surface area contributed by atoms with Crippen LogP contribution in [0.1, 0.15) is 37.3 Å². The van der Waals surface area contributed by atoms with Crippen molar-refractivity contribution in [2.45, 2.75) is 44.6 Å². The zero-order chi connectivity index (χ0) is 12.8. The number of hydrogen-bond acceptors (Lipinski definition) is 2. The van der Waals surface area contributed by atoms with Gasteiger partial charge >= 0.3 is 0 Å². The molecule has 0 aromatic heterocycles. The van der Waals surface area contributed by atoms with E-state index in [1.165, 1.54) is 18.4 Å². The maximum absolute atomic E-state index is 10.5. The third kappa shape index (κ3) is 2.72. The average Bonchev–Trinajstić information content (AvgIpc) is 2.92. The van der Waals surface area contributed by atoms with Crippen molar-refractivity contribution in [2.75, 3.05) is 6.61 Å². The van der Waals surface area contributed by atoms with Gasteiger partial charge in [0, 0.05) is 17.3 Å². The van der Waals surface area contributed by atoms with E-state index in [-0.39, 0.29) is 0 Å². The van der Waals surface area contributed by atoms with Gasteiger partial charge in [-0.1, -0.05) is 28.8 Å². The van der Waals surface area contributed by atoms with Crippen molar-refractivity contribution in [3.63, 3.8) is 0 Å². The van der Waals surface area contributed by atoms with Gasteiger partial charge in [-0.15, -0.1) is 0 Å². The first-order valence-corrected chi connectivity index (χ1v) is 7.49. The highest BCUT2D eigenvalue weighted by atomic mass is 79.9. The molecule has 0 bridgehead atoms. The van der Waals surface area contributed by atoms with Crippen LogP contribution in [-0.4, -0.2) is 17.3 Å². The summed E-state index contributed by atoms with van der Waals surface area (Å²) >= 11 is 3.55. The molecule has 3 rings (SSSR count). The second-order valence-electron chi connectivity index (χ2n) is 5.97. The quantitative estimate of drug-likeness (QED) is 0.922. The molecule has 0 radical (unpaired) electrons. The molecule has 1 aromatic carbocycles. The van der Waals surface area contributed by atoms with Gasteiger partial charge in [-0.3, -0.25) is 0 Å². The number of rotatable bonds is 4. The van der Waals surface area contributed by atoms with Crippen LogP contribution >= 0.6 is 15.9 Å². The van der Waals surface area contributed by atoms with Crippen molar-refractivity contribution in [3.05, 3.63) is 27.7 Å². The van der Waals surface area contributed by atoms with Crippen molar-refractivity contribution in [3.8, 4) is 5.75 Å². The lowest BCUT2D eigenvalue weighted by atomic mass is 9.90. The molecular weight excluding hydrogens is 292 g/mol. The first-order chi connectivity index (χ1) is 8.53. The third-order valence-corrected chi connectivity index (χ3v) is 4.28. The lowest BCUT2D eigenvalue weighted by Gasteiger charge is -2.24. The second-order valence-corrected chi connectivity index (χ2v) is 6.89. The van der Waals surface area contributed by atoms with E-state index in [0.29, 0.717) is 6.42 Å². The third-order valence-electron chi connectivity index (χ3n) is 3.82. The van der Waals surface area contributed by atoms with Crippen molar-refractivity contribution in [1.29, 1.82) is 0 Å². The Morgan fingerprint density at radius 2 is 2.22 bits per heavy atom. The minimum atomic E-state index is -0.609. The maximum atomic E-state index is 10.5. The normalized spacial score (nSPS) is 21.3. The largest absolute Gasteiger partial charge is 0.493 e. The Morgan fingerprint density at radius 3 is 2.94 bits per heavy atom. The minimum absolute atomic E-state index is 0.609. The van der Waals surface area contributed by atoms with Gasteiger partial charge in [0.2, 0.25) is 0 Å². The van der Waals surface area contributed by atoms with Crippen LogP contribution in [0.4, 0.5) is 0 Å². The van der Waals surface area contributed by atoms with Gasteiger partial charge in [0.1, 0.15) is 5.75 Å². The Hall–Kier alpha value is -0.540. The number of benzene rings is 1. The lowest BCUT2D eigenvalue weighted by molar-refractivity contribution is 0.0449. The predicted octanol–water partition coefficient (Wildman–Crippen LogP) is 3.48. The number of aliphatic hydroxyl groups is 1. The Kier molecular flexibility index (Phi) is 3.15. The van der Waals surface area contributed by atoms with Crippen molar-refractivity contribution in [1.82, 2.24) is 0 Å². The molecule has 1 N–H and O–H groups in total. The van der Waals surface area contributed by atoms with Gasteiger partial charge in [0.15, 0.2) is 0 Å². The Balaban J connectivity index is 1.83. The lowest BCUT2D eigenvalue weighted by Crippen LogP contribution is -2.28. The summed E-state index contributed by atoms with van der Waals surface area (Å²) in [6.45, 7) is 2.72. The van der Waals surface area contributed by atoms with Gasteiger partial charge < -0.3 is 9.84 Å². The maximum Gasteiger partial charge on any atom is 0.125 e. The van der Waals surface area contributed by atoms with E-state index in [0.717, 1.165) is 41.2 Å². The van der Waals surface area contributed by atoms with Crippen LogP contribution in [0.3, 0.4) is 0 Å². The molecule has 1 unspecified atom stereocenters. The van der Waals surface area contributed by atoms with E-state index in [9.17, 15) is 5.11 Å². The molecule has 0 amide bonds. The molecule has 1 aliphatic carbocycles. The minimum Gasteiger partial charge on any atom is -0.493 e. The monoisotopic (exact) mass is 310 g/mol. The van der Waals surface area contributed by atoms with E-state index < -0.39 is 5.60 Å². The summed E-state index contributed by atoms with van der Waals surface area (Å²) in [5, 5.41) is 10.5. The van der Waals surface area contributed by atoms with E-state index in [4.69, 9.17) is 4.74 Å². The Labute approximate surface area is 116 Å². The van der Waals surface area contributed by atoms with E-state index in [1.54, 1.807) is 0 Å². The van der Waals surface area contributed by atoms with Gasteiger partial charge in [-0.25, -0.2) is 0 Å². The Morgan fingerprint density at radius 1 is 1.44 bits per heavy atom. The fraction of sp³-hybridized carbons (Fsp3) is 0.600. The highest BCUT2D eigenvalue weighted by molar-refractivity contribution is 9.10. The zero-order valence-electron chi connectivity index (χ0n) is 10.7. The predicted molar refractivity (Wildman–Crippen MR) is 75.0 cm³/mol. The topological polar surface area (TPSA) is 29.5 Å². The van der Waals surface area contributed by atoms with Gasteiger partial charge in [-0.05, 0) is 42.5 Å². The van der Waals surface area contributed by atoms with Crippen LogP contribution < -0.4 is 4.74 Å².